The van der Waals surface area contributed by atoms with Gasteiger partial charge in [0, 0.05) is 38.0 Å². The van der Waals surface area contributed by atoms with Gasteiger partial charge in [0.05, 0.1) is 0 Å². The maximum atomic E-state index is 12.5. The number of hydrogen-bond donors (Lipinski definition) is 1. The zero-order chi connectivity index (χ0) is 14.8. The lowest BCUT2D eigenvalue weighted by molar-refractivity contribution is -0.144. The topological polar surface area (TPSA) is 55.6 Å². The minimum atomic E-state index is -4.62. The quantitative estimate of drug-likeness (QED) is 0.882. The summed E-state index contributed by atoms with van der Waals surface area (Å²) >= 11 is 5.55. The Hall–Kier alpha value is -1.83. The molecule has 0 radical (unpaired) electrons. The van der Waals surface area contributed by atoms with Crippen molar-refractivity contribution in [3.05, 3.63) is 35.0 Å². The molecule has 0 aliphatic carbocycles. The second-order valence-electron chi connectivity index (χ2n) is 4.02. The third kappa shape index (κ3) is 3.60. The summed E-state index contributed by atoms with van der Waals surface area (Å²) < 4.78 is 39.3. The Labute approximate surface area is 117 Å². The first-order valence-electron chi connectivity index (χ1n) is 5.69. The molecule has 2 heterocycles. The normalized spacial score (nSPS) is 11.7. The van der Waals surface area contributed by atoms with E-state index in [0.717, 1.165) is 5.69 Å². The van der Waals surface area contributed by atoms with Crippen molar-refractivity contribution < 1.29 is 13.2 Å². The van der Waals surface area contributed by atoms with Crippen LogP contribution in [0.15, 0.2) is 18.3 Å². The molecule has 0 aliphatic rings. The first-order chi connectivity index (χ1) is 9.36. The van der Waals surface area contributed by atoms with Crippen molar-refractivity contribution in [3.63, 3.8) is 0 Å². The Bertz CT molecular complexity index is 596. The van der Waals surface area contributed by atoms with Gasteiger partial charge in [-0.25, -0.2) is 9.97 Å². The van der Waals surface area contributed by atoms with E-state index in [9.17, 15) is 13.2 Å². The summed E-state index contributed by atoms with van der Waals surface area (Å²) in [5, 5.41) is 6.53. The first-order valence-corrected chi connectivity index (χ1v) is 6.06. The van der Waals surface area contributed by atoms with E-state index < -0.39 is 12.0 Å². The van der Waals surface area contributed by atoms with Crippen LogP contribution in [0.4, 0.5) is 19.0 Å². The number of anilines is 1. The van der Waals surface area contributed by atoms with Gasteiger partial charge in [-0.15, -0.1) is 0 Å². The Morgan fingerprint density at radius 3 is 2.70 bits per heavy atom. The van der Waals surface area contributed by atoms with E-state index in [-0.39, 0.29) is 11.0 Å². The molecular formula is C11H11ClF3N5. The van der Waals surface area contributed by atoms with Gasteiger partial charge in [0.1, 0.15) is 11.0 Å². The molecule has 0 aromatic carbocycles. The fraction of sp³-hybridized carbons (Fsp3) is 0.364. The zero-order valence-corrected chi connectivity index (χ0v) is 11.2. The number of rotatable bonds is 4. The van der Waals surface area contributed by atoms with Gasteiger partial charge in [0.2, 0.25) is 5.82 Å². The summed E-state index contributed by atoms with van der Waals surface area (Å²) in [7, 11) is 1.79. The van der Waals surface area contributed by atoms with Gasteiger partial charge in [0.15, 0.2) is 0 Å². The lowest BCUT2D eigenvalue weighted by Crippen LogP contribution is -2.14. The largest absolute Gasteiger partial charge is 0.451 e. The van der Waals surface area contributed by atoms with E-state index in [1.54, 1.807) is 17.9 Å². The van der Waals surface area contributed by atoms with Crippen LogP contribution in [0.3, 0.4) is 0 Å². The highest BCUT2D eigenvalue weighted by atomic mass is 35.5. The molecule has 0 saturated carbocycles. The molecule has 108 valence electrons. The van der Waals surface area contributed by atoms with Crippen LogP contribution in [0.5, 0.6) is 0 Å². The van der Waals surface area contributed by atoms with Crippen molar-refractivity contribution >= 4 is 17.4 Å². The molecule has 0 saturated heterocycles. The highest BCUT2D eigenvalue weighted by molar-refractivity contribution is 6.29. The van der Waals surface area contributed by atoms with E-state index >= 15 is 0 Å². The molecule has 0 bridgehead atoms. The second kappa shape index (κ2) is 5.66. The smallest absolute Gasteiger partial charge is 0.370 e. The molecule has 0 spiro atoms. The van der Waals surface area contributed by atoms with E-state index in [2.05, 4.69) is 20.4 Å². The van der Waals surface area contributed by atoms with Crippen LogP contribution in [-0.2, 0) is 19.6 Å². The summed E-state index contributed by atoms with van der Waals surface area (Å²) in [4.78, 5) is 6.54. The number of aryl methyl sites for hydroxylation is 1. The molecular weight excluding hydrogens is 295 g/mol. The first kappa shape index (κ1) is 14.6. The van der Waals surface area contributed by atoms with Crippen molar-refractivity contribution in [3.8, 4) is 0 Å². The van der Waals surface area contributed by atoms with Crippen LogP contribution >= 0.6 is 11.6 Å². The lowest BCUT2D eigenvalue weighted by Gasteiger charge is -2.09. The maximum absolute atomic E-state index is 12.5. The van der Waals surface area contributed by atoms with E-state index in [0.29, 0.717) is 13.0 Å². The molecule has 1 N–H and O–H groups in total. The highest BCUT2D eigenvalue weighted by Gasteiger charge is 2.35. The molecule has 0 atom stereocenters. The number of hydrogen-bond acceptors (Lipinski definition) is 4. The summed E-state index contributed by atoms with van der Waals surface area (Å²) in [5.41, 5.74) is 0.952. The van der Waals surface area contributed by atoms with Gasteiger partial charge < -0.3 is 5.32 Å². The predicted octanol–water partition coefficient (Wildman–Crippen LogP) is 2.54. The fourth-order valence-electron chi connectivity index (χ4n) is 1.60. The van der Waals surface area contributed by atoms with Crippen molar-refractivity contribution in [2.75, 3.05) is 11.9 Å². The molecule has 2 aromatic heterocycles. The minimum Gasteiger partial charge on any atom is -0.370 e. The van der Waals surface area contributed by atoms with Gasteiger partial charge in [-0.2, -0.15) is 18.3 Å². The van der Waals surface area contributed by atoms with Crippen molar-refractivity contribution in [2.45, 2.75) is 12.6 Å². The zero-order valence-electron chi connectivity index (χ0n) is 10.4. The molecule has 0 fully saturated rings. The fourth-order valence-corrected chi connectivity index (χ4v) is 1.78. The van der Waals surface area contributed by atoms with E-state index in [1.165, 1.54) is 6.07 Å². The SMILES string of the molecule is Cn1nccc1CCNc1cc(Cl)nc(C(F)(F)F)n1. The second-order valence-corrected chi connectivity index (χ2v) is 4.41. The molecule has 2 rings (SSSR count). The Kier molecular flexibility index (Phi) is 4.12. The molecule has 20 heavy (non-hydrogen) atoms. The van der Waals surface area contributed by atoms with E-state index in [1.807, 2.05) is 6.07 Å². The van der Waals surface area contributed by atoms with Gasteiger partial charge >= 0.3 is 6.18 Å². The third-order valence-electron chi connectivity index (χ3n) is 2.56. The van der Waals surface area contributed by atoms with Gasteiger partial charge in [-0.1, -0.05) is 11.6 Å². The number of halogens is 4. The molecule has 0 aliphatic heterocycles. The number of aromatic nitrogens is 4. The average Bonchev–Trinajstić information content (AvgIpc) is 2.73. The van der Waals surface area contributed by atoms with Crippen molar-refractivity contribution in [2.24, 2.45) is 7.05 Å². The van der Waals surface area contributed by atoms with Gasteiger partial charge in [-0.05, 0) is 6.07 Å². The molecule has 0 amide bonds. The van der Waals surface area contributed by atoms with Gasteiger partial charge in [-0.3, -0.25) is 4.68 Å². The number of nitrogens with zero attached hydrogens (tertiary/aromatic N) is 4. The van der Waals surface area contributed by atoms with Crippen LogP contribution in [0, 0.1) is 0 Å². The molecule has 9 heteroatoms. The average molecular weight is 306 g/mol. The van der Waals surface area contributed by atoms with E-state index in [4.69, 9.17) is 11.6 Å². The van der Waals surface area contributed by atoms with Crippen molar-refractivity contribution in [1.82, 2.24) is 19.7 Å². The Morgan fingerprint density at radius 2 is 2.10 bits per heavy atom. The van der Waals surface area contributed by atoms with Crippen LogP contribution in [0.1, 0.15) is 11.5 Å². The van der Waals surface area contributed by atoms with Gasteiger partial charge in [0.25, 0.3) is 0 Å². The third-order valence-corrected chi connectivity index (χ3v) is 2.75. The van der Waals surface area contributed by atoms with Crippen LogP contribution in [-0.4, -0.2) is 26.3 Å². The van der Waals surface area contributed by atoms with Crippen LogP contribution in [0.2, 0.25) is 5.15 Å². The minimum absolute atomic E-state index is 0.0412. The van der Waals surface area contributed by atoms with Crippen LogP contribution < -0.4 is 5.32 Å². The maximum Gasteiger partial charge on any atom is 0.451 e. The van der Waals surface area contributed by atoms with Crippen LogP contribution in [0.25, 0.3) is 0 Å². The number of nitrogens with one attached hydrogen (secondary N) is 1. The van der Waals surface area contributed by atoms with Crippen molar-refractivity contribution in [1.29, 1.82) is 0 Å². The lowest BCUT2D eigenvalue weighted by atomic mass is 10.3. The summed E-state index contributed by atoms with van der Waals surface area (Å²) in [6, 6.07) is 3.08. The highest BCUT2D eigenvalue weighted by Crippen LogP contribution is 2.28. The number of alkyl halides is 3. The summed E-state index contributed by atoms with van der Waals surface area (Å²) in [6.07, 6.45) is -2.37. The summed E-state index contributed by atoms with van der Waals surface area (Å²) in [6.45, 7) is 0.407. The monoisotopic (exact) mass is 305 g/mol. The molecule has 2 aromatic rings. The molecule has 5 nitrogen and oxygen atoms in total. The summed E-state index contributed by atoms with van der Waals surface area (Å²) in [5.74, 6) is -1.22. The Morgan fingerprint density at radius 1 is 1.35 bits per heavy atom. The predicted molar refractivity (Wildman–Crippen MR) is 67.4 cm³/mol. The standard InChI is InChI=1S/C11H11ClF3N5/c1-20-7(3-5-17-20)2-4-16-9-6-8(12)18-10(19-9)11(13,14)15/h3,5-6H,2,4H2,1H3,(H,16,18,19). The Balaban J connectivity index is 2.03. The molecule has 0 unspecified atom stereocenters.